The molecular formula is C14H20ClN3O2. The monoisotopic (exact) mass is 297 g/mol. The maximum atomic E-state index is 12.2. The zero-order valence-corrected chi connectivity index (χ0v) is 12.9. The van der Waals surface area contributed by atoms with E-state index in [1.165, 1.54) is 11.0 Å². The summed E-state index contributed by atoms with van der Waals surface area (Å²) in [6, 6.07) is 4.66. The van der Waals surface area contributed by atoms with Crippen molar-refractivity contribution in [2.75, 3.05) is 19.3 Å². The van der Waals surface area contributed by atoms with Crippen molar-refractivity contribution in [3.63, 3.8) is 0 Å². The highest BCUT2D eigenvalue weighted by atomic mass is 35.5. The lowest BCUT2D eigenvalue weighted by Gasteiger charge is -2.23. The molecule has 1 aromatic rings. The number of anilines is 1. The van der Waals surface area contributed by atoms with E-state index in [-0.39, 0.29) is 23.9 Å². The van der Waals surface area contributed by atoms with E-state index in [0.717, 1.165) is 0 Å². The predicted octanol–water partition coefficient (Wildman–Crippen LogP) is 1.91. The van der Waals surface area contributed by atoms with Crippen LogP contribution in [0.25, 0.3) is 0 Å². The Bertz CT molecular complexity index is 524. The van der Waals surface area contributed by atoms with Gasteiger partial charge in [0.05, 0.1) is 12.1 Å². The first-order valence-corrected chi connectivity index (χ1v) is 6.59. The molecule has 1 aromatic carbocycles. The van der Waals surface area contributed by atoms with Crippen LogP contribution < -0.4 is 11.1 Å². The van der Waals surface area contributed by atoms with Crippen LogP contribution in [0.5, 0.6) is 0 Å². The molecule has 0 fully saturated rings. The Labute approximate surface area is 124 Å². The second-order valence-corrected chi connectivity index (χ2v) is 6.13. The number of nitrogens with two attached hydrogens (primary N) is 1. The number of halogens is 1. The fraction of sp³-hybridized carbons (Fsp3) is 0.429. The first-order valence-electron chi connectivity index (χ1n) is 6.21. The smallest absolute Gasteiger partial charge is 0.256 e. The van der Waals surface area contributed by atoms with E-state index in [0.29, 0.717) is 16.3 Å². The molecule has 0 heterocycles. The molecule has 0 unspecified atom stereocenters. The molecule has 0 bridgehead atoms. The maximum absolute atomic E-state index is 12.2. The van der Waals surface area contributed by atoms with Crippen molar-refractivity contribution in [3.05, 3.63) is 28.8 Å². The summed E-state index contributed by atoms with van der Waals surface area (Å²) in [5, 5.41) is 3.26. The van der Waals surface area contributed by atoms with Crippen molar-refractivity contribution in [2.45, 2.75) is 26.3 Å². The van der Waals surface area contributed by atoms with Crippen LogP contribution in [0.15, 0.2) is 18.2 Å². The highest BCUT2D eigenvalue weighted by Crippen LogP contribution is 2.19. The molecule has 1 rings (SSSR count). The third kappa shape index (κ3) is 4.74. The van der Waals surface area contributed by atoms with E-state index in [2.05, 4.69) is 5.32 Å². The molecule has 0 saturated heterocycles. The number of carbonyl (C=O) groups is 2. The molecule has 0 aliphatic rings. The number of nitrogens with zero attached hydrogens (tertiary/aromatic N) is 1. The topological polar surface area (TPSA) is 75.4 Å². The Morgan fingerprint density at radius 1 is 1.35 bits per heavy atom. The van der Waals surface area contributed by atoms with Gasteiger partial charge in [-0.2, -0.15) is 0 Å². The number of benzene rings is 1. The van der Waals surface area contributed by atoms with Gasteiger partial charge in [-0.15, -0.1) is 0 Å². The summed E-state index contributed by atoms with van der Waals surface area (Å²) < 4.78 is 0. The molecule has 0 saturated carbocycles. The minimum absolute atomic E-state index is 0.0296. The fourth-order valence-electron chi connectivity index (χ4n) is 1.68. The Hall–Kier alpha value is -1.75. The standard InChI is InChI=1S/C14H20ClN3O2/c1-14(2,3)17-12(19)8-18(4)13(20)10-6-5-9(15)7-11(10)16/h5-7H,8,16H2,1-4H3,(H,17,19). The number of amides is 2. The van der Waals surface area contributed by atoms with Crippen molar-refractivity contribution in [3.8, 4) is 0 Å². The summed E-state index contributed by atoms with van der Waals surface area (Å²) in [5.41, 5.74) is 6.06. The molecule has 0 aromatic heterocycles. The zero-order chi connectivity index (χ0) is 15.5. The van der Waals surface area contributed by atoms with Gasteiger partial charge in [-0.1, -0.05) is 11.6 Å². The van der Waals surface area contributed by atoms with Gasteiger partial charge < -0.3 is 16.0 Å². The molecule has 110 valence electrons. The van der Waals surface area contributed by atoms with Crippen LogP contribution in [0.2, 0.25) is 5.02 Å². The zero-order valence-electron chi connectivity index (χ0n) is 12.2. The van der Waals surface area contributed by atoms with Gasteiger partial charge in [0.1, 0.15) is 0 Å². The van der Waals surface area contributed by atoms with Crippen LogP contribution in [0.3, 0.4) is 0 Å². The molecule has 5 nitrogen and oxygen atoms in total. The Morgan fingerprint density at radius 3 is 2.45 bits per heavy atom. The average Bonchev–Trinajstić information content (AvgIpc) is 2.25. The normalized spacial score (nSPS) is 11.1. The van der Waals surface area contributed by atoms with Crippen molar-refractivity contribution in [1.82, 2.24) is 10.2 Å². The van der Waals surface area contributed by atoms with E-state index in [1.54, 1.807) is 19.2 Å². The predicted molar refractivity (Wildman–Crippen MR) is 80.7 cm³/mol. The van der Waals surface area contributed by atoms with Crippen molar-refractivity contribution in [2.24, 2.45) is 0 Å². The number of nitrogen functional groups attached to an aromatic ring is 1. The molecule has 3 N–H and O–H groups in total. The van der Waals surface area contributed by atoms with Gasteiger partial charge in [-0.3, -0.25) is 9.59 Å². The van der Waals surface area contributed by atoms with E-state index >= 15 is 0 Å². The quantitative estimate of drug-likeness (QED) is 0.837. The molecule has 20 heavy (non-hydrogen) atoms. The van der Waals surface area contributed by atoms with E-state index in [1.807, 2.05) is 20.8 Å². The molecule has 2 amide bonds. The Morgan fingerprint density at radius 2 is 1.95 bits per heavy atom. The van der Waals surface area contributed by atoms with Gasteiger partial charge >= 0.3 is 0 Å². The van der Waals surface area contributed by atoms with Crippen LogP contribution in [0.1, 0.15) is 31.1 Å². The number of rotatable bonds is 3. The minimum atomic E-state index is -0.333. The van der Waals surface area contributed by atoms with Gasteiger partial charge in [0.15, 0.2) is 0 Å². The highest BCUT2D eigenvalue weighted by Gasteiger charge is 2.20. The van der Waals surface area contributed by atoms with E-state index < -0.39 is 0 Å². The molecule has 0 aliphatic carbocycles. The van der Waals surface area contributed by atoms with Crippen LogP contribution in [-0.4, -0.2) is 35.8 Å². The molecule has 6 heteroatoms. The van der Waals surface area contributed by atoms with Gasteiger partial charge in [-0.05, 0) is 39.0 Å². The second-order valence-electron chi connectivity index (χ2n) is 5.69. The van der Waals surface area contributed by atoms with Gasteiger partial charge in [0.25, 0.3) is 5.91 Å². The summed E-state index contributed by atoms with van der Waals surface area (Å²) in [4.78, 5) is 25.3. The Kier molecular flexibility index (Phi) is 5.00. The number of hydrogen-bond acceptors (Lipinski definition) is 3. The first-order chi connectivity index (χ1) is 9.10. The third-order valence-corrected chi connectivity index (χ3v) is 2.72. The SMILES string of the molecule is CN(CC(=O)NC(C)(C)C)C(=O)c1ccc(Cl)cc1N. The largest absolute Gasteiger partial charge is 0.398 e. The second kappa shape index (κ2) is 6.13. The summed E-state index contributed by atoms with van der Waals surface area (Å²) in [6.07, 6.45) is 0. The minimum Gasteiger partial charge on any atom is -0.398 e. The summed E-state index contributed by atoms with van der Waals surface area (Å²) in [6.45, 7) is 5.61. The Balaban J connectivity index is 2.75. The molecule has 0 aliphatic heterocycles. The van der Waals surface area contributed by atoms with Gasteiger partial charge in [-0.25, -0.2) is 0 Å². The average molecular weight is 298 g/mol. The van der Waals surface area contributed by atoms with E-state index in [4.69, 9.17) is 17.3 Å². The first kappa shape index (κ1) is 16.3. The number of nitrogens with one attached hydrogen (secondary N) is 1. The van der Waals surface area contributed by atoms with Crippen molar-refractivity contribution < 1.29 is 9.59 Å². The molecular weight excluding hydrogens is 278 g/mol. The lowest BCUT2D eigenvalue weighted by Crippen LogP contribution is -2.46. The lowest BCUT2D eigenvalue weighted by atomic mass is 10.1. The number of hydrogen-bond donors (Lipinski definition) is 2. The number of likely N-dealkylation sites (N-methyl/N-ethyl adjacent to an activating group) is 1. The maximum Gasteiger partial charge on any atom is 0.256 e. The summed E-state index contributed by atoms with van der Waals surface area (Å²) >= 11 is 5.79. The van der Waals surface area contributed by atoms with Crippen LogP contribution in [-0.2, 0) is 4.79 Å². The summed E-state index contributed by atoms with van der Waals surface area (Å²) in [7, 11) is 1.55. The molecule has 0 radical (unpaired) electrons. The number of carbonyl (C=O) groups excluding carboxylic acids is 2. The molecule has 0 atom stereocenters. The van der Waals surface area contributed by atoms with Crippen molar-refractivity contribution in [1.29, 1.82) is 0 Å². The van der Waals surface area contributed by atoms with Crippen LogP contribution in [0.4, 0.5) is 5.69 Å². The highest BCUT2D eigenvalue weighted by molar-refractivity contribution is 6.31. The fourth-order valence-corrected chi connectivity index (χ4v) is 1.86. The van der Waals surface area contributed by atoms with Crippen LogP contribution in [0, 0.1) is 0 Å². The van der Waals surface area contributed by atoms with Gasteiger partial charge in [0.2, 0.25) is 5.91 Å². The van der Waals surface area contributed by atoms with E-state index in [9.17, 15) is 9.59 Å². The third-order valence-electron chi connectivity index (χ3n) is 2.49. The van der Waals surface area contributed by atoms with Gasteiger partial charge in [0, 0.05) is 23.3 Å². The van der Waals surface area contributed by atoms with Crippen LogP contribution >= 0.6 is 11.6 Å². The molecule has 0 spiro atoms. The van der Waals surface area contributed by atoms with Crippen molar-refractivity contribution >= 4 is 29.1 Å². The summed E-state index contributed by atoms with van der Waals surface area (Å²) in [5.74, 6) is -0.538. The lowest BCUT2D eigenvalue weighted by molar-refractivity contribution is -0.122.